The van der Waals surface area contributed by atoms with E-state index in [2.05, 4.69) is 5.32 Å². The summed E-state index contributed by atoms with van der Waals surface area (Å²) in [6, 6.07) is 5.48. The van der Waals surface area contributed by atoms with Crippen molar-refractivity contribution in [2.45, 2.75) is 19.4 Å². The SMILES string of the molecule is Cc1ccc(NC(=S)N([C@H]2CCS(=O)(=O)C2)N(C)C)cc1Cl. The Morgan fingerprint density at radius 2 is 2.09 bits per heavy atom. The number of sulfone groups is 1. The molecule has 1 heterocycles. The van der Waals surface area contributed by atoms with Crippen molar-refractivity contribution in [2.75, 3.05) is 30.9 Å². The summed E-state index contributed by atoms with van der Waals surface area (Å²) in [6.07, 6.45) is 0.580. The molecule has 1 atom stereocenters. The van der Waals surface area contributed by atoms with Crippen LogP contribution in [-0.2, 0) is 9.84 Å². The number of aryl methyl sites for hydroxylation is 1. The highest BCUT2D eigenvalue weighted by atomic mass is 35.5. The second-order valence-corrected chi connectivity index (χ2v) is 8.67. The average molecular weight is 362 g/mol. The maximum absolute atomic E-state index is 11.7. The monoisotopic (exact) mass is 361 g/mol. The molecule has 1 aliphatic rings. The van der Waals surface area contributed by atoms with Gasteiger partial charge in [0.05, 0.1) is 17.5 Å². The minimum absolute atomic E-state index is 0.127. The van der Waals surface area contributed by atoms with Gasteiger partial charge in [0.2, 0.25) is 0 Å². The first-order valence-electron chi connectivity index (χ1n) is 6.93. The zero-order chi connectivity index (χ0) is 16.5. The van der Waals surface area contributed by atoms with Crippen LogP contribution < -0.4 is 5.32 Å². The number of anilines is 1. The molecule has 0 saturated carbocycles. The molecular formula is C14H20ClN3O2S2. The largest absolute Gasteiger partial charge is 0.331 e. The molecule has 2 rings (SSSR count). The zero-order valence-corrected chi connectivity index (χ0v) is 15.2. The fraction of sp³-hybridized carbons (Fsp3) is 0.500. The van der Waals surface area contributed by atoms with Crippen molar-refractivity contribution in [1.82, 2.24) is 10.0 Å². The van der Waals surface area contributed by atoms with Crippen LogP contribution in [0.25, 0.3) is 0 Å². The number of hydrogen-bond acceptors (Lipinski definition) is 4. The highest BCUT2D eigenvalue weighted by Gasteiger charge is 2.34. The predicted octanol–water partition coefficient (Wildman–Crippen LogP) is 2.31. The minimum atomic E-state index is -2.97. The Labute approximate surface area is 142 Å². The quantitative estimate of drug-likeness (QED) is 0.658. The smallest absolute Gasteiger partial charge is 0.188 e. The van der Waals surface area contributed by atoms with Gasteiger partial charge in [-0.25, -0.2) is 13.4 Å². The summed E-state index contributed by atoms with van der Waals surface area (Å²) in [5, 5.41) is 7.89. The second kappa shape index (κ2) is 6.70. The molecule has 1 aromatic rings. The number of nitrogens with one attached hydrogen (secondary N) is 1. The van der Waals surface area contributed by atoms with Crippen molar-refractivity contribution in [3.8, 4) is 0 Å². The lowest BCUT2D eigenvalue weighted by Gasteiger charge is -2.36. The molecule has 0 radical (unpaired) electrons. The van der Waals surface area contributed by atoms with Crippen molar-refractivity contribution in [1.29, 1.82) is 0 Å². The molecule has 22 heavy (non-hydrogen) atoms. The summed E-state index contributed by atoms with van der Waals surface area (Å²) in [5.41, 5.74) is 1.78. The number of halogens is 1. The van der Waals surface area contributed by atoms with Gasteiger partial charge in [-0.3, -0.25) is 5.01 Å². The normalized spacial score (nSPS) is 20.1. The van der Waals surface area contributed by atoms with Gasteiger partial charge in [-0.15, -0.1) is 0 Å². The van der Waals surface area contributed by atoms with Gasteiger partial charge in [0.15, 0.2) is 14.9 Å². The lowest BCUT2D eigenvalue weighted by atomic mass is 10.2. The topological polar surface area (TPSA) is 52.7 Å². The van der Waals surface area contributed by atoms with E-state index in [-0.39, 0.29) is 17.5 Å². The molecule has 1 fully saturated rings. The van der Waals surface area contributed by atoms with E-state index < -0.39 is 9.84 Å². The Morgan fingerprint density at radius 1 is 1.41 bits per heavy atom. The second-order valence-electron chi connectivity index (χ2n) is 5.64. The Kier molecular flexibility index (Phi) is 5.32. The molecule has 8 heteroatoms. The molecule has 0 aromatic heterocycles. The van der Waals surface area contributed by atoms with Crippen LogP contribution in [0.15, 0.2) is 18.2 Å². The van der Waals surface area contributed by atoms with Gasteiger partial charge in [-0.2, -0.15) is 0 Å². The van der Waals surface area contributed by atoms with Crippen LogP contribution in [0.5, 0.6) is 0 Å². The summed E-state index contributed by atoms with van der Waals surface area (Å²) >= 11 is 11.6. The molecule has 1 N–H and O–H groups in total. The molecule has 1 saturated heterocycles. The van der Waals surface area contributed by atoms with E-state index in [1.54, 1.807) is 0 Å². The third kappa shape index (κ3) is 4.10. The van der Waals surface area contributed by atoms with E-state index in [1.807, 2.05) is 49.2 Å². The van der Waals surface area contributed by atoms with Crippen molar-refractivity contribution in [3.63, 3.8) is 0 Å². The Hall–Kier alpha value is -0.890. The van der Waals surface area contributed by atoms with Crippen LogP contribution in [0.3, 0.4) is 0 Å². The van der Waals surface area contributed by atoms with Crippen molar-refractivity contribution in [2.24, 2.45) is 0 Å². The summed E-state index contributed by atoms with van der Waals surface area (Å²) in [4.78, 5) is 0. The first-order valence-corrected chi connectivity index (χ1v) is 9.54. The number of rotatable bonds is 3. The van der Waals surface area contributed by atoms with E-state index in [4.69, 9.17) is 23.8 Å². The van der Waals surface area contributed by atoms with Crippen molar-refractivity contribution < 1.29 is 8.42 Å². The number of hydrogen-bond donors (Lipinski definition) is 1. The van der Waals surface area contributed by atoms with Crippen LogP contribution in [-0.4, -0.2) is 55.2 Å². The third-order valence-corrected chi connectivity index (χ3v) is 6.06. The summed E-state index contributed by atoms with van der Waals surface area (Å²) in [7, 11) is 0.727. The van der Waals surface area contributed by atoms with Crippen LogP contribution in [0.4, 0.5) is 5.69 Å². The lowest BCUT2D eigenvalue weighted by Crippen LogP contribution is -2.51. The highest BCUT2D eigenvalue weighted by molar-refractivity contribution is 7.91. The fourth-order valence-electron chi connectivity index (χ4n) is 2.49. The fourth-order valence-corrected chi connectivity index (χ4v) is 4.80. The maximum Gasteiger partial charge on any atom is 0.188 e. The lowest BCUT2D eigenvalue weighted by molar-refractivity contribution is 0.0757. The molecule has 0 spiro atoms. The molecule has 1 aromatic carbocycles. The van der Waals surface area contributed by atoms with Gasteiger partial charge in [0.1, 0.15) is 0 Å². The Morgan fingerprint density at radius 3 is 2.59 bits per heavy atom. The van der Waals surface area contributed by atoms with Gasteiger partial charge in [0, 0.05) is 24.8 Å². The van der Waals surface area contributed by atoms with E-state index >= 15 is 0 Å². The van der Waals surface area contributed by atoms with E-state index in [0.29, 0.717) is 16.6 Å². The Balaban J connectivity index is 2.15. The van der Waals surface area contributed by atoms with Crippen LogP contribution in [0.1, 0.15) is 12.0 Å². The van der Waals surface area contributed by atoms with Gasteiger partial charge < -0.3 is 5.32 Å². The maximum atomic E-state index is 11.7. The van der Waals surface area contributed by atoms with Gasteiger partial charge in [-0.1, -0.05) is 17.7 Å². The molecule has 122 valence electrons. The molecule has 0 unspecified atom stereocenters. The predicted molar refractivity (Wildman–Crippen MR) is 95.0 cm³/mol. The van der Waals surface area contributed by atoms with Crippen molar-refractivity contribution >= 4 is 44.5 Å². The van der Waals surface area contributed by atoms with Crippen LogP contribution in [0, 0.1) is 6.92 Å². The summed E-state index contributed by atoms with van der Waals surface area (Å²) in [6.45, 7) is 1.93. The van der Waals surface area contributed by atoms with E-state index in [9.17, 15) is 8.42 Å². The van der Waals surface area contributed by atoms with E-state index in [1.165, 1.54) is 0 Å². The van der Waals surface area contributed by atoms with Crippen molar-refractivity contribution in [3.05, 3.63) is 28.8 Å². The molecular weight excluding hydrogens is 342 g/mol. The first kappa shape index (κ1) is 17.5. The number of thiocarbonyl (C=S) groups is 1. The van der Waals surface area contributed by atoms with Gasteiger partial charge in [-0.05, 0) is 43.3 Å². The number of benzene rings is 1. The first-order chi connectivity index (χ1) is 10.2. The third-order valence-electron chi connectivity index (χ3n) is 3.62. The van der Waals surface area contributed by atoms with Crippen LogP contribution >= 0.6 is 23.8 Å². The molecule has 0 bridgehead atoms. The highest BCUT2D eigenvalue weighted by Crippen LogP contribution is 2.23. The average Bonchev–Trinajstić information content (AvgIpc) is 2.73. The molecule has 1 aliphatic heterocycles. The molecule has 0 amide bonds. The molecule has 0 aliphatic carbocycles. The number of nitrogens with zero attached hydrogens (tertiary/aromatic N) is 2. The van der Waals surface area contributed by atoms with Gasteiger partial charge in [0.25, 0.3) is 0 Å². The Bertz CT molecular complexity index is 677. The minimum Gasteiger partial charge on any atom is -0.331 e. The standard InChI is InChI=1S/C14H20ClN3O2S2/c1-10-4-5-11(8-13(10)15)16-14(21)18(17(2)3)12-6-7-22(19,20)9-12/h4-5,8,12H,6-7,9H2,1-3H3,(H,16,21)/t12-/m0/s1. The number of hydrazine groups is 1. The summed E-state index contributed by atoms with van der Waals surface area (Å²) in [5.74, 6) is 0.336. The zero-order valence-electron chi connectivity index (χ0n) is 12.8. The summed E-state index contributed by atoms with van der Waals surface area (Å²) < 4.78 is 23.4. The van der Waals surface area contributed by atoms with Gasteiger partial charge >= 0.3 is 0 Å². The van der Waals surface area contributed by atoms with E-state index in [0.717, 1.165) is 11.3 Å². The molecule has 5 nitrogen and oxygen atoms in total. The van der Waals surface area contributed by atoms with Crippen LogP contribution in [0.2, 0.25) is 5.02 Å².